The van der Waals surface area contributed by atoms with Crippen LogP contribution in [0.1, 0.15) is 26.5 Å². The molecule has 0 spiro atoms. The number of likely N-dealkylation sites (tertiary alicyclic amines) is 1. The minimum atomic E-state index is -0.371. The second-order valence-corrected chi connectivity index (χ2v) is 9.19. The molecule has 4 N–H and O–H groups in total. The number of amides is 2. The van der Waals surface area contributed by atoms with Crippen LogP contribution in [0.15, 0.2) is 33.9 Å². The Morgan fingerprint density at radius 1 is 1.32 bits per heavy atom. The average molecular weight is 488 g/mol. The fraction of sp³-hybridized carbons (Fsp3) is 0.333. The molecule has 1 fully saturated rings. The number of halogens is 1. The number of carbonyl (C=O) groups is 2. The summed E-state index contributed by atoms with van der Waals surface area (Å²) >= 11 is 1.34. The molecular formula is C21H22FN7O4S. The summed E-state index contributed by atoms with van der Waals surface area (Å²) in [5.41, 5.74) is 6.92. The Morgan fingerprint density at radius 2 is 2.15 bits per heavy atom. The normalized spacial score (nSPS) is 19.6. The standard InChI is InChI=1S/C21H22FN7O4S/c1-10-5-12(3-4-13(10)22)24-20(30)17-18-15(8-28(17)2)34-27-14-7-29(6-11(14)9-32-18)21(31)16-19(23)26-33-25-16/h3-5,8,11,14,27H,6-7,9H2,1-2H3,(H2,23,26)(H,24,30)/t11-,14-/m0/s1. The van der Waals surface area contributed by atoms with Crippen LogP contribution in [0.25, 0.3) is 0 Å². The molecule has 0 unspecified atom stereocenters. The van der Waals surface area contributed by atoms with Crippen molar-refractivity contribution < 1.29 is 23.3 Å². The lowest BCUT2D eigenvalue weighted by Crippen LogP contribution is -2.36. The number of fused-ring (bicyclic) bond motifs is 2. The number of anilines is 2. The van der Waals surface area contributed by atoms with Crippen LogP contribution in [0.2, 0.25) is 0 Å². The van der Waals surface area contributed by atoms with E-state index in [2.05, 4.69) is 25.0 Å². The average Bonchev–Trinajstić information content (AvgIpc) is 3.48. The molecule has 2 aromatic heterocycles. The predicted octanol–water partition coefficient (Wildman–Crippen LogP) is 1.82. The lowest BCUT2D eigenvalue weighted by molar-refractivity contribution is 0.0772. The SMILES string of the molecule is Cc1cc(NC(=O)c2c3c(cn2C)SN[C@H]2CN(C(=O)c4nonc4N)C[C@H]2CO3)ccc1F. The molecule has 0 saturated carbocycles. The topological polar surface area (TPSA) is 141 Å². The molecule has 178 valence electrons. The number of hydrogen-bond acceptors (Lipinski definition) is 9. The van der Waals surface area contributed by atoms with E-state index in [9.17, 15) is 14.0 Å². The Kier molecular flexibility index (Phi) is 5.65. The molecule has 34 heavy (non-hydrogen) atoms. The van der Waals surface area contributed by atoms with Gasteiger partial charge in [0.1, 0.15) is 5.82 Å². The van der Waals surface area contributed by atoms with Crippen LogP contribution in [0.4, 0.5) is 15.9 Å². The van der Waals surface area contributed by atoms with Crippen molar-refractivity contribution in [1.82, 2.24) is 24.5 Å². The summed E-state index contributed by atoms with van der Waals surface area (Å²) in [5, 5.41) is 9.87. The van der Waals surface area contributed by atoms with Gasteiger partial charge in [0.2, 0.25) is 11.5 Å². The Bertz CT molecular complexity index is 1280. The fourth-order valence-corrected chi connectivity index (χ4v) is 5.13. The van der Waals surface area contributed by atoms with Crippen LogP contribution in [0.3, 0.4) is 0 Å². The summed E-state index contributed by atoms with van der Waals surface area (Å²) in [6.45, 7) is 2.78. The smallest absolute Gasteiger partial charge is 0.280 e. The zero-order valence-electron chi connectivity index (χ0n) is 18.4. The predicted molar refractivity (Wildman–Crippen MR) is 121 cm³/mol. The monoisotopic (exact) mass is 487 g/mol. The van der Waals surface area contributed by atoms with Gasteiger partial charge in [-0.05, 0) is 52.9 Å². The van der Waals surface area contributed by atoms with Gasteiger partial charge in [0.25, 0.3) is 11.8 Å². The highest BCUT2D eigenvalue weighted by Gasteiger charge is 2.39. The van der Waals surface area contributed by atoms with Crippen molar-refractivity contribution in [2.75, 3.05) is 30.7 Å². The Balaban J connectivity index is 1.32. The number of nitrogens with zero attached hydrogens (tertiary/aromatic N) is 4. The van der Waals surface area contributed by atoms with Crippen molar-refractivity contribution in [2.24, 2.45) is 13.0 Å². The first-order valence-electron chi connectivity index (χ1n) is 10.5. The van der Waals surface area contributed by atoms with E-state index in [1.54, 1.807) is 35.7 Å². The van der Waals surface area contributed by atoms with Crippen molar-refractivity contribution in [3.63, 3.8) is 0 Å². The van der Waals surface area contributed by atoms with Crippen molar-refractivity contribution in [3.8, 4) is 5.75 Å². The Hall–Kier alpha value is -3.58. The maximum absolute atomic E-state index is 13.6. The third-order valence-electron chi connectivity index (χ3n) is 5.94. The highest BCUT2D eigenvalue weighted by Crippen LogP contribution is 2.37. The lowest BCUT2D eigenvalue weighted by atomic mass is 10.1. The number of benzene rings is 1. The van der Waals surface area contributed by atoms with E-state index in [0.717, 1.165) is 4.90 Å². The van der Waals surface area contributed by atoms with E-state index >= 15 is 0 Å². The van der Waals surface area contributed by atoms with Crippen LogP contribution in [0.5, 0.6) is 5.75 Å². The number of rotatable bonds is 3. The quantitative estimate of drug-likeness (QED) is 0.472. The maximum atomic E-state index is 13.6. The molecule has 5 rings (SSSR count). The number of carbonyl (C=O) groups excluding carboxylic acids is 2. The number of nitrogen functional groups attached to an aromatic ring is 1. The molecule has 2 amide bonds. The summed E-state index contributed by atoms with van der Waals surface area (Å²) in [5.74, 6) is -0.692. The molecule has 2 aliphatic rings. The van der Waals surface area contributed by atoms with Crippen molar-refractivity contribution >= 4 is 35.3 Å². The van der Waals surface area contributed by atoms with Gasteiger partial charge >= 0.3 is 0 Å². The van der Waals surface area contributed by atoms with Crippen LogP contribution < -0.4 is 20.5 Å². The zero-order valence-corrected chi connectivity index (χ0v) is 19.2. The number of aromatic nitrogens is 3. The molecule has 2 atom stereocenters. The van der Waals surface area contributed by atoms with Gasteiger partial charge in [-0.15, -0.1) is 0 Å². The molecule has 11 nitrogen and oxygen atoms in total. The maximum Gasteiger partial charge on any atom is 0.280 e. The molecule has 1 aromatic carbocycles. The Labute approximate surface area is 197 Å². The first-order valence-corrected chi connectivity index (χ1v) is 11.3. The van der Waals surface area contributed by atoms with Gasteiger partial charge in [0.05, 0.1) is 11.5 Å². The van der Waals surface area contributed by atoms with Crippen molar-refractivity contribution in [3.05, 3.63) is 47.2 Å². The van der Waals surface area contributed by atoms with Crippen LogP contribution >= 0.6 is 11.9 Å². The molecule has 0 aliphatic carbocycles. The van der Waals surface area contributed by atoms with Crippen molar-refractivity contribution in [1.29, 1.82) is 0 Å². The summed E-state index contributed by atoms with van der Waals surface area (Å²) in [6, 6.07) is 4.36. The Morgan fingerprint density at radius 3 is 2.88 bits per heavy atom. The van der Waals surface area contributed by atoms with Crippen LogP contribution in [0, 0.1) is 18.7 Å². The van der Waals surface area contributed by atoms with Crippen LogP contribution in [-0.2, 0) is 7.05 Å². The highest BCUT2D eigenvalue weighted by molar-refractivity contribution is 7.97. The van der Waals surface area contributed by atoms with Crippen molar-refractivity contribution in [2.45, 2.75) is 17.9 Å². The summed E-state index contributed by atoms with van der Waals surface area (Å²) in [7, 11) is 1.76. The summed E-state index contributed by atoms with van der Waals surface area (Å²) < 4.78 is 29.3. The third-order valence-corrected chi connectivity index (χ3v) is 6.87. The fourth-order valence-electron chi connectivity index (χ4n) is 4.13. The van der Waals surface area contributed by atoms with Crippen LogP contribution in [-0.4, -0.2) is 57.3 Å². The first-order chi connectivity index (χ1) is 16.3. The molecule has 13 heteroatoms. The van der Waals surface area contributed by atoms with Gasteiger partial charge < -0.3 is 25.3 Å². The van der Waals surface area contributed by atoms with E-state index in [-0.39, 0.29) is 41.1 Å². The van der Waals surface area contributed by atoms with Gasteiger partial charge in [-0.2, -0.15) is 0 Å². The second-order valence-electron chi connectivity index (χ2n) is 8.31. The number of nitrogens with two attached hydrogens (primary N) is 1. The number of hydrogen-bond donors (Lipinski definition) is 3. The van der Waals surface area contributed by atoms with Gasteiger partial charge in [-0.3, -0.25) is 14.3 Å². The summed E-state index contributed by atoms with van der Waals surface area (Å²) in [6.07, 6.45) is 1.80. The van der Waals surface area contributed by atoms with E-state index in [1.165, 1.54) is 24.1 Å². The van der Waals surface area contributed by atoms with E-state index in [1.807, 2.05) is 0 Å². The second kappa shape index (κ2) is 8.65. The van der Waals surface area contributed by atoms with E-state index in [0.29, 0.717) is 42.4 Å². The molecule has 4 heterocycles. The van der Waals surface area contributed by atoms with Gasteiger partial charge in [-0.25, -0.2) is 9.02 Å². The van der Waals surface area contributed by atoms with Gasteiger partial charge in [0, 0.05) is 44.0 Å². The molecule has 0 radical (unpaired) electrons. The minimum absolute atomic E-state index is 0.0123. The van der Waals surface area contributed by atoms with Gasteiger partial charge in [-0.1, -0.05) is 0 Å². The minimum Gasteiger partial charge on any atom is -0.489 e. The third kappa shape index (κ3) is 3.96. The summed E-state index contributed by atoms with van der Waals surface area (Å²) in [4.78, 5) is 28.2. The molecule has 2 aliphatic heterocycles. The first kappa shape index (κ1) is 22.2. The number of ether oxygens (including phenoxy) is 1. The molecule has 1 saturated heterocycles. The number of nitrogens with one attached hydrogen (secondary N) is 2. The number of aryl methyl sites for hydroxylation is 2. The molecule has 3 aromatic rings. The van der Waals surface area contributed by atoms with E-state index < -0.39 is 0 Å². The molecule has 0 bridgehead atoms. The highest BCUT2D eigenvalue weighted by atomic mass is 32.2. The lowest BCUT2D eigenvalue weighted by Gasteiger charge is -2.23. The van der Waals surface area contributed by atoms with Gasteiger partial charge in [0.15, 0.2) is 11.4 Å². The largest absolute Gasteiger partial charge is 0.489 e. The van der Waals surface area contributed by atoms with E-state index in [4.69, 9.17) is 10.5 Å². The molecular weight excluding hydrogens is 465 g/mol. The zero-order chi connectivity index (χ0) is 24.0.